The van der Waals surface area contributed by atoms with Crippen LogP contribution in [0.2, 0.25) is 0 Å². The highest BCUT2D eigenvalue weighted by atomic mass is 32.1. The molecule has 0 unspecified atom stereocenters. The van der Waals surface area contributed by atoms with E-state index in [-0.39, 0.29) is 16.7 Å². The lowest BCUT2D eigenvalue weighted by Gasteiger charge is -2.33. The fourth-order valence-electron chi connectivity index (χ4n) is 4.12. The van der Waals surface area contributed by atoms with Crippen LogP contribution >= 0.6 is 11.3 Å². The molecule has 0 bridgehead atoms. The van der Waals surface area contributed by atoms with E-state index in [1.807, 2.05) is 0 Å². The Morgan fingerprint density at radius 3 is 2.74 bits per heavy atom. The molecule has 0 spiro atoms. The summed E-state index contributed by atoms with van der Waals surface area (Å²) >= 11 is 1.54. The predicted octanol–water partition coefficient (Wildman–Crippen LogP) is 2.94. The second-order valence-corrected chi connectivity index (χ2v) is 10.1. The van der Waals surface area contributed by atoms with E-state index >= 15 is 0 Å². The number of nitrogens with one attached hydrogen (secondary N) is 1. The first kappa shape index (κ1) is 21.2. The van der Waals surface area contributed by atoms with E-state index in [2.05, 4.69) is 36.3 Å². The summed E-state index contributed by atoms with van der Waals surface area (Å²) in [5.41, 5.74) is 2.47. The Morgan fingerprint density at radius 1 is 1.39 bits per heavy atom. The van der Waals surface area contributed by atoms with Gasteiger partial charge >= 0.3 is 5.69 Å². The molecule has 1 amide bonds. The van der Waals surface area contributed by atoms with Crippen molar-refractivity contribution in [2.24, 2.45) is 18.4 Å². The summed E-state index contributed by atoms with van der Waals surface area (Å²) in [4.78, 5) is 42.9. The highest BCUT2D eigenvalue weighted by molar-refractivity contribution is 7.18. The monoisotopic (exact) mass is 444 g/mol. The number of nitro groups is 1. The third kappa shape index (κ3) is 3.62. The van der Waals surface area contributed by atoms with Crippen LogP contribution in [0.3, 0.4) is 0 Å². The number of nitrogens with zero attached hydrogens (tertiary/aromatic N) is 5. The van der Waals surface area contributed by atoms with Gasteiger partial charge in [0.25, 0.3) is 11.5 Å². The SMILES string of the molecule is Cc1nc2sc3c(c2c(=O)n1NC(=O)c1nn(C)cc1[N+](=O)[O-])CC[C@H](C(C)(C)C)C3. The van der Waals surface area contributed by atoms with Gasteiger partial charge in [-0.2, -0.15) is 5.10 Å². The summed E-state index contributed by atoms with van der Waals surface area (Å²) in [6, 6.07) is 0. The van der Waals surface area contributed by atoms with Crippen LogP contribution < -0.4 is 11.0 Å². The van der Waals surface area contributed by atoms with E-state index in [1.165, 1.54) is 27.9 Å². The molecule has 0 saturated heterocycles. The van der Waals surface area contributed by atoms with Crippen LogP contribution in [-0.2, 0) is 19.9 Å². The lowest BCUT2D eigenvalue weighted by Crippen LogP contribution is -2.36. The Kier molecular flexibility index (Phi) is 4.95. The quantitative estimate of drug-likeness (QED) is 0.489. The molecule has 1 N–H and O–H groups in total. The fourth-order valence-corrected chi connectivity index (χ4v) is 5.46. The zero-order valence-electron chi connectivity index (χ0n) is 18.1. The predicted molar refractivity (Wildman–Crippen MR) is 117 cm³/mol. The van der Waals surface area contributed by atoms with Gasteiger partial charge in [-0.15, -0.1) is 11.3 Å². The molecule has 0 saturated carbocycles. The van der Waals surface area contributed by atoms with E-state index < -0.39 is 16.5 Å². The number of rotatable bonds is 3. The molecular formula is C20H24N6O4S. The van der Waals surface area contributed by atoms with Gasteiger partial charge in [0.05, 0.1) is 10.3 Å². The Bertz CT molecular complexity index is 1280. The van der Waals surface area contributed by atoms with Crippen LogP contribution in [0.25, 0.3) is 10.2 Å². The molecule has 3 aromatic heterocycles. The van der Waals surface area contributed by atoms with Gasteiger partial charge in [0.2, 0.25) is 5.69 Å². The van der Waals surface area contributed by atoms with Crippen LogP contribution in [0.15, 0.2) is 11.0 Å². The second-order valence-electron chi connectivity index (χ2n) is 9.02. The molecule has 164 valence electrons. The average Bonchev–Trinajstić information content (AvgIpc) is 3.24. The van der Waals surface area contributed by atoms with E-state index in [0.717, 1.165) is 35.7 Å². The average molecular weight is 445 g/mol. The van der Waals surface area contributed by atoms with Crippen molar-refractivity contribution in [3.05, 3.63) is 48.6 Å². The maximum absolute atomic E-state index is 13.3. The van der Waals surface area contributed by atoms with Crippen molar-refractivity contribution in [3.63, 3.8) is 0 Å². The van der Waals surface area contributed by atoms with Gasteiger partial charge < -0.3 is 0 Å². The number of aromatic nitrogens is 4. The number of aryl methyl sites for hydroxylation is 3. The molecule has 11 heteroatoms. The van der Waals surface area contributed by atoms with Crippen LogP contribution in [-0.4, -0.2) is 30.3 Å². The van der Waals surface area contributed by atoms with Gasteiger partial charge in [0.15, 0.2) is 0 Å². The third-order valence-corrected chi connectivity index (χ3v) is 7.06. The van der Waals surface area contributed by atoms with Crippen molar-refractivity contribution in [2.75, 3.05) is 5.43 Å². The van der Waals surface area contributed by atoms with Crippen molar-refractivity contribution in [3.8, 4) is 0 Å². The topological polar surface area (TPSA) is 125 Å². The molecule has 1 atom stereocenters. The van der Waals surface area contributed by atoms with E-state index in [0.29, 0.717) is 22.0 Å². The Labute approximate surface area is 182 Å². The Morgan fingerprint density at radius 2 is 2.10 bits per heavy atom. The van der Waals surface area contributed by atoms with Crippen LogP contribution in [0.5, 0.6) is 0 Å². The number of carbonyl (C=O) groups is 1. The van der Waals surface area contributed by atoms with Gasteiger partial charge in [-0.05, 0) is 43.1 Å². The maximum Gasteiger partial charge on any atom is 0.320 e. The number of hydrogen-bond donors (Lipinski definition) is 1. The third-order valence-electron chi connectivity index (χ3n) is 5.91. The van der Waals surface area contributed by atoms with E-state index in [4.69, 9.17) is 0 Å². The zero-order chi connectivity index (χ0) is 22.7. The lowest BCUT2D eigenvalue weighted by molar-refractivity contribution is -0.385. The van der Waals surface area contributed by atoms with Crippen molar-refractivity contribution >= 4 is 33.1 Å². The van der Waals surface area contributed by atoms with Gasteiger partial charge in [-0.25, -0.2) is 9.66 Å². The van der Waals surface area contributed by atoms with Gasteiger partial charge in [0.1, 0.15) is 16.9 Å². The standard InChI is InChI=1S/C20H24N6O4S/c1-10-21-18-15(12-7-6-11(20(2,3)4)8-14(12)31-18)19(28)25(10)23-17(27)16-13(26(29)30)9-24(5)22-16/h9,11H,6-8H2,1-5H3,(H,23,27)/t11-/m0/s1. The largest absolute Gasteiger partial charge is 0.320 e. The Hall–Kier alpha value is -3.08. The molecule has 1 aliphatic rings. The van der Waals surface area contributed by atoms with Gasteiger partial charge in [-0.1, -0.05) is 20.8 Å². The lowest BCUT2D eigenvalue weighted by atomic mass is 9.72. The van der Waals surface area contributed by atoms with Crippen molar-refractivity contribution < 1.29 is 9.72 Å². The summed E-state index contributed by atoms with van der Waals surface area (Å²) in [5, 5.41) is 15.6. The summed E-state index contributed by atoms with van der Waals surface area (Å²) < 4.78 is 2.25. The van der Waals surface area contributed by atoms with Crippen molar-refractivity contribution in [1.82, 2.24) is 19.4 Å². The second kappa shape index (κ2) is 7.26. The minimum Gasteiger partial charge on any atom is -0.268 e. The molecule has 3 aromatic rings. The molecular weight excluding hydrogens is 420 g/mol. The Balaban J connectivity index is 1.75. The summed E-state index contributed by atoms with van der Waals surface area (Å²) in [7, 11) is 1.48. The first-order valence-electron chi connectivity index (χ1n) is 10.0. The van der Waals surface area contributed by atoms with Gasteiger partial charge in [-0.3, -0.25) is 29.8 Å². The smallest absolute Gasteiger partial charge is 0.268 e. The maximum atomic E-state index is 13.3. The number of thiophene rings is 1. The van der Waals surface area contributed by atoms with Crippen LogP contribution in [0, 0.1) is 28.4 Å². The van der Waals surface area contributed by atoms with Crippen molar-refractivity contribution in [1.29, 1.82) is 0 Å². The summed E-state index contributed by atoms with van der Waals surface area (Å²) in [6.45, 7) is 8.32. The minimum atomic E-state index is -0.837. The number of amides is 1. The highest BCUT2D eigenvalue weighted by Crippen LogP contribution is 2.42. The summed E-state index contributed by atoms with van der Waals surface area (Å²) in [5.74, 6) is -0.00765. The molecule has 1 aliphatic carbocycles. The normalized spacial score (nSPS) is 16.4. The highest BCUT2D eigenvalue weighted by Gasteiger charge is 2.32. The number of carbonyl (C=O) groups excluding carboxylic acids is 1. The molecule has 0 fully saturated rings. The van der Waals surface area contributed by atoms with Crippen LogP contribution in [0.1, 0.15) is 53.9 Å². The molecule has 31 heavy (non-hydrogen) atoms. The fraction of sp³-hybridized carbons (Fsp3) is 0.500. The summed E-state index contributed by atoms with van der Waals surface area (Å²) in [6.07, 6.45) is 3.83. The molecule has 3 heterocycles. The minimum absolute atomic E-state index is 0.183. The molecule has 10 nitrogen and oxygen atoms in total. The van der Waals surface area contributed by atoms with Crippen LogP contribution in [0.4, 0.5) is 5.69 Å². The first-order valence-corrected chi connectivity index (χ1v) is 10.8. The molecule has 0 aromatic carbocycles. The van der Waals surface area contributed by atoms with E-state index in [1.54, 1.807) is 6.92 Å². The number of hydrogen-bond acceptors (Lipinski definition) is 7. The molecule has 0 aliphatic heterocycles. The first-order chi connectivity index (χ1) is 14.5. The molecule has 0 radical (unpaired) electrons. The zero-order valence-corrected chi connectivity index (χ0v) is 18.9. The molecule has 4 rings (SSSR count). The van der Waals surface area contributed by atoms with Gasteiger partial charge in [0, 0.05) is 11.9 Å². The van der Waals surface area contributed by atoms with E-state index in [9.17, 15) is 19.7 Å². The number of fused-ring (bicyclic) bond motifs is 3. The van der Waals surface area contributed by atoms with Crippen molar-refractivity contribution in [2.45, 2.75) is 47.0 Å².